The molecule has 0 bridgehead atoms. The first-order chi connectivity index (χ1) is 13.1. The lowest BCUT2D eigenvalue weighted by Crippen LogP contribution is -2.42. The number of carbonyl (C=O) groups excluding carboxylic acids is 1. The van der Waals surface area contributed by atoms with Crippen LogP contribution in [0, 0.1) is 0 Å². The van der Waals surface area contributed by atoms with Gasteiger partial charge in [-0.2, -0.15) is 0 Å². The summed E-state index contributed by atoms with van der Waals surface area (Å²) in [5, 5.41) is 9.52. The van der Waals surface area contributed by atoms with Gasteiger partial charge in [-0.05, 0) is 44.7 Å². The van der Waals surface area contributed by atoms with Gasteiger partial charge in [-0.25, -0.2) is 0 Å². The van der Waals surface area contributed by atoms with Crippen molar-refractivity contribution in [2.24, 2.45) is 0 Å². The summed E-state index contributed by atoms with van der Waals surface area (Å²) in [5.41, 5.74) is 0.974. The number of rotatable bonds is 6. The normalized spacial score (nSPS) is 19.0. The summed E-state index contributed by atoms with van der Waals surface area (Å²) in [7, 11) is 1.96. The molecule has 2 aliphatic rings. The topological polar surface area (TPSA) is 63.9 Å². The van der Waals surface area contributed by atoms with Crippen molar-refractivity contribution < 1.29 is 4.79 Å². The van der Waals surface area contributed by atoms with E-state index in [0.29, 0.717) is 12.1 Å². The zero-order valence-corrected chi connectivity index (χ0v) is 16.9. The SMILES string of the molecule is CC(Sc1nnc(-c2cccnc2)n1C1CC1)C(=O)N(C)C1CCCCC1. The number of amides is 1. The van der Waals surface area contributed by atoms with Crippen LogP contribution in [0.5, 0.6) is 0 Å². The average molecular weight is 386 g/mol. The summed E-state index contributed by atoms with van der Waals surface area (Å²) in [6, 6.07) is 4.76. The van der Waals surface area contributed by atoms with Crippen LogP contribution in [-0.2, 0) is 4.79 Å². The van der Waals surface area contributed by atoms with Crippen LogP contribution in [-0.4, -0.2) is 48.9 Å². The van der Waals surface area contributed by atoms with Crippen LogP contribution in [0.4, 0.5) is 0 Å². The van der Waals surface area contributed by atoms with Crippen LogP contribution in [0.25, 0.3) is 11.4 Å². The van der Waals surface area contributed by atoms with Crippen LogP contribution in [0.15, 0.2) is 29.7 Å². The molecular weight excluding hydrogens is 358 g/mol. The van der Waals surface area contributed by atoms with Gasteiger partial charge >= 0.3 is 0 Å². The molecule has 0 N–H and O–H groups in total. The monoisotopic (exact) mass is 385 g/mol. The molecule has 2 aliphatic carbocycles. The van der Waals surface area contributed by atoms with Crippen molar-refractivity contribution >= 4 is 17.7 Å². The molecule has 1 atom stereocenters. The first-order valence-electron chi connectivity index (χ1n) is 9.94. The minimum absolute atomic E-state index is 0.166. The summed E-state index contributed by atoms with van der Waals surface area (Å²) >= 11 is 1.53. The number of hydrogen-bond acceptors (Lipinski definition) is 5. The van der Waals surface area contributed by atoms with Crippen LogP contribution >= 0.6 is 11.8 Å². The molecule has 27 heavy (non-hydrogen) atoms. The van der Waals surface area contributed by atoms with Crippen molar-refractivity contribution in [3.8, 4) is 11.4 Å². The number of nitrogens with zero attached hydrogens (tertiary/aromatic N) is 5. The quantitative estimate of drug-likeness (QED) is 0.705. The lowest BCUT2D eigenvalue weighted by atomic mass is 9.94. The molecule has 144 valence electrons. The standard InChI is InChI=1S/C20H27N5OS/c1-14(19(26)24(2)16-8-4-3-5-9-16)27-20-23-22-18(25(20)17-10-11-17)15-7-6-12-21-13-15/h6-7,12-14,16-17H,3-5,8-11H2,1-2H3. The number of thioether (sulfide) groups is 1. The zero-order valence-electron chi connectivity index (χ0n) is 16.0. The van der Waals surface area contributed by atoms with Gasteiger partial charge in [-0.15, -0.1) is 10.2 Å². The van der Waals surface area contributed by atoms with E-state index < -0.39 is 0 Å². The second-order valence-corrected chi connectivity index (χ2v) is 8.96. The van der Waals surface area contributed by atoms with E-state index in [0.717, 1.165) is 42.2 Å². The first-order valence-corrected chi connectivity index (χ1v) is 10.8. The number of carbonyl (C=O) groups is 1. The van der Waals surface area contributed by atoms with Crippen molar-refractivity contribution in [2.45, 2.75) is 74.4 Å². The van der Waals surface area contributed by atoms with E-state index in [1.54, 1.807) is 6.20 Å². The first kappa shape index (κ1) is 18.5. The average Bonchev–Trinajstić information content (AvgIpc) is 3.48. The minimum atomic E-state index is -0.166. The molecule has 2 fully saturated rings. The predicted molar refractivity (Wildman–Crippen MR) is 106 cm³/mol. The van der Waals surface area contributed by atoms with E-state index in [9.17, 15) is 4.79 Å². The highest BCUT2D eigenvalue weighted by Gasteiger charge is 2.33. The third-order valence-electron chi connectivity index (χ3n) is 5.60. The second kappa shape index (κ2) is 8.00. The van der Waals surface area contributed by atoms with E-state index in [4.69, 9.17) is 0 Å². The van der Waals surface area contributed by atoms with Gasteiger partial charge in [0.05, 0.1) is 5.25 Å². The van der Waals surface area contributed by atoms with Crippen LogP contribution in [0.3, 0.4) is 0 Å². The van der Waals surface area contributed by atoms with E-state index in [2.05, 4.69) is 19.7 Å². The highest BCUT2D eigenvalue weighted by molar-refractivity contribution is 8.00. The molecule has 6 nitrogen and oxygen atoms in total. The molecule has 0 aliphatic heterocycles. The highest BCUT2D eigenvalue weighted by Crippen LogP contribution is 2.41. The van der Waals surface area contributed by atoms with Crippen molar-refractivity contribution in [1.29, 1.82) is 0 Å². The van der Waals surface area contributed by atoms with Gasteiger partial charge in [0.1, 0.15) is 0 Å². The molecule has 0 aromatic carbocycles. The summed E-state index contributed by atoms with van der Waals surface area (Å²) < 4.78 is 2.20. The molecule has 2 heterocycles. The summed E-state index contributed by atoms with van der Waals surface area (Å²) in [6.07, 6.45) is 11.9. The Labute approximate surface area is 164 Å². The molecule has 0 spiro atoms. The minimum Gasteiger partial charge on any atom is -0.342 e. The number of pyridine rings is 1. The molecular formula is C20H27N5OS. The van der Waals surface area contributed by atoms with E-state index in [1.807, 2.05) is 37.2 Å². The van der Waals surface area contributed by atoms with Gasteiger partial charge in [0.15, 0.2) is 11.0 Å². The Hall–Kier alpha value is -1.89. The Kier molecular flexibility index (Phi) is 5.48. The lowest BCUT2D eigenvalue weighted by Gasteiger charge is -2.32. The third-order valence-corrected chi connectivity index (χ3v) is 6.64. The maximum absolute atomic E-state index is 13.0. The van der Waals surface area contributed by atoms with Crippen molar-refractivity contribution in [3.05, 3.63) is 24.5 Å². The van der Waals surface area contributed by atoms with Crippen LogP contribution in [0.2, 0.25) is 0 Å². The smallest absolute Gasteiger partial charge is 0.235 e. The maximum Gasteiger partial charge on any atom is 0.235 e. The molecule has 2 aromatic heterocycles. The Balaban J connectivity index is 1.50. The summed E-state index contributed by atoms with van der Waals surface area (Å²) in [6.45, 7) is 1.99. The fraction of sp³-hybridized carbons (Fsp3) is 0.600. The highest BCUT2D eigenvalue weighted by atomic mass is 32.2. The summed E-state index contributed by atoms with van der Waals surface area (Å²) in [5.74, 6) is 1.05. The molecule has 2 aromatic rings. The Bertz CT molecular complexity index is 783. The molecule has 1 unspecified atom stereocenters. The third kappa shape index (κ3) is 4.03. The maximum atomic E-state index is 13.0. The molecule has 0 radical (unpaired) electrons. The molecule has 0 saturated heterocycles. The van der Waals surface area contributed by atoms with Gasteiger partial charge in [0, 0.05) is 37.1 Å². The van der Waals surface area contributed by atoms with Crippen molar-refractivity contribution in [3.63, 3.8) is 0 Å². The molecule has 2 saturated carbocycles. The van der Waals surface area contributed by atoms with E-state index >= 15 is 0 Å². The molecule has 7 heteroatoms. The molecule has 4 rings (SSSR count). The predicted octanol–water partition coefficient (Wildman–Crippen LogP) is 3.95. The number of aromatic nitrogens is 4. The van der Waals surface area contributed by atoms with Crippen LogP contribution < -0.4 is 0 Å². The van der Waals surface area contributed by atoms with Crippen molar-refractivity contribution in [2.75, 3.05) is 7.05 Å². The fourth-order valence-electron chi connectivity index (χ4n) is 3.85. The summed E-state index contributed by atoms with van der Waals surface area (Å²) in [4.78, 5) is 19.1. The van der Waals surface area contributed by atoms with Gasteiger partial charge < -0.3 is 4.90 Å². The van der Waals surface area contributed by atoms with Crippen molar-refractivity contribution in [1.82, 2.24) is 24.6 Å². The Morgan fingerprint density at radius 3 is 2.67 bits per heavy atom. The zero-order chi connectivity index (χ0) is 18.8. The Morgan fingerprint density at radius 2 is 2.00 bits per heavy atom. The van der Waals surface area contributed by atoms with Gasteiger partial charge in [-0.1, -0.05) is 31.0 Å². The van der Waals surface area contributed by atoms with E-state index in [1.165, 1.54) is 31.0 Å². The number of hydrogen-bond donors (Lipinski definition) is 0. The van der Waals surface area contributed by atoms with Gasteiger partial charge in [-0.3, -0.25) is 14.3 Å². The van der Waals surface area contributed by atoms with E-state index in [-0.39, 0.29) is 11.2 Å². The fourth-order valence-corrected chi connectivity index (χ4v) is 4.88. The lowest BCUT2D eigenvalue weighted by molar-refractivity contribution is -0.131. The Morgan fingerprint density at radius 1 is 1.22 bits per heavy atom. The largest absolute Gasteiger partial charge is 0.342 e. The second-order valence-electron chi connectivity index (χ2n) is 7.65. The van der Waals surface area contributed by atoms with Gasteiger partial charge in [0.25, 0.3) is 0 Å². The van der Waals surface area contributed by atoms with Gasteiger partial charge in [0.2, 0.25) is 5.91 Å². The molecule has 1 amide bonds. The van der Waals surface area contributed by atoms with Crippen LogP contribution in [0.1, 0.15) is 57.9 Å².